The molecular weight excluding hydrogens is 471 g/mol. The molecule has 1 fully saturated rings. The van der Waals surface area contributed by atoms with Gasteiger partial charge in [0.2, 0.25) is 11.8 Å². The lowest BCUT2D eigenvalue weighted by molar-refractivity contribution is -0.147. The molecule has 0 saturated carbocycles. The molecule has 2 N–H and O–H groups in total. The number of nitrogens with two attached hydrogens (primary N) is 1. The van der Waals surface area contributed by atoms with E-state index in [-0.39, 0.29) is 25.0 Å². The Morgan fingerprint density at radius 2 is 2.03 bits per heavy atom. The number of oxime groups is 1. The predicted molar refractivity (Wildman–Crippen MR) is 122 cm³/mol. The maximum Gasteiger partial charge on any atom is 0.451 e. The number of halogens is 3. The van der Waals surface area contributed by atoms with Gasteiger partial charge in [-0.05, 0) is 12.5 Å². The average Bonchev–Trinajstić information content (AvgIpc) is 3.49. The van der Waals surface area contributed by atoms with E-state index in [0.717, 1.165) is 27.6 Å². The first kappa shape index (κ1) is 22.8. The molecule has 2 aliphatic heterocycles. The highest BCUT2D eigenvalue weighted by molar-refractivity contribution is 7.18. The molecular formula is C20H24F3N9OS. The minimum Gasteiger partial charge on any atom is -0.399 e. The van der Waals surface area contributed by atoms with Crippen LogP contribution in [0.4, 0.5) is 24.9 Å². The number of fused-ring (bicyclic) bond motifs is 2. The first-order valence-electron chi connectivity index (χ1n) is 10.9. The SMILES string of the molecule is CCCc1cc2c(N3CCn4c(nnc4C(F)(F)F)C3)nc(N3C/C(=N/OC)C(N)C3)nc2s1. The molecule has 0 bridgehead atoms. The monoisotopic (exact) mass is 495 g/mol. The number of aryl methyl sites for hydroxylation is 1. The molecule has 0 aliphatic carbocycles. The normalized spacial score (nSPS) is 19.9. The van der Waals surface area contributed by atoms with Crippen LogP contribution in [0, 0.1) is 0 Å². The molecule has 1 atom stereocenters. The Morgan fingerprint density at radius 1 is 1.21 bits per heavy atom. The fourth-order valence-electron chi connectivity index (χ4n) is 4.33. The number of aromatic nitrogens is 5. The van der Waals surface area contributed by atoms with Crippen LogP contribution in [0.25, 0.3) is 10.2 Å². The molecule has 1 unspecified atom stereocenters. The van der Waals surface area contributed by atoms with Crippen molar-refractivity contribution in [2.75, 3.05) is 36.5 Å². The highest BCUT2D eigenvalue weighted by atomic mass is 32.1. The van der Waals surface area contributed by atoms with E-state index in [1.807, 2.05) is 9.80 Å². The van der Waals surface area contributed by atoms with Crippen molar-refractivity contribution in [2.45, 2.75) is 45.1 Å². The van der Waals surface area contributed by atoms with Crippen molar-refractivity contribution in [3.05, 3.63) is 22.6 Å². The summed E-state index contributed by atoms with van der Waals surface area (Å²) in [6, 6.07) is 1.78. The van der Waals surface area contributed by atoms with Crippen molar-refractivity contribution in [3.8, 4) is 0 Å². The fourth-order valence-corrected chi connectivity index (χ4v) is 5.45. The van der Waals surface area contributed by atoms with Crippen LogP contribution in [-0.2, 0) is 30.5 Å². The van der Waals surface area contributed by atoms with Gasteiger partial charge in [-0.25, -0.2) is 4.98 Å². The Morgan fingerprint density at radius 3 is 2.76 bits per heavy atom. The van der Waals surface area contributed by atoms with Crippen molar-refractivity contribution < 1.29 is 18.0 Å². The number of thiophene rings is 1. The third-order valence-corrected chi connectivity index (χ3v) is 6.99. The van der Waals surface area contributed by atoms with Crippen LogP contribution in [0.15, 0.2) is 11.2 Å². The van der Waals surface area contributed by atoms with E-state index in [2.05, 4.69) is 28.3 Å². The molecule has 1 saturated heterocycles. The summed E-state index contributed by atoms with van der Waals surface area (Å²) in [6.45, 7) is 3.67. The fraction of sp³-hybridized carbons (Fsp3) is 0.550. The largest absolute Gasteiger partial charge is 0.451 e. The standard InChI is InChI=1S/C20H24F3N9OS/c1-3-4-11-7-12-16(30-5-6-32-15(10-30)27-28-18(32)20(21,22)23)25-19(26-17(12)34-11)31-8-13(24)14(9-31)29-33-2/h7,13H,3-6,8-10,24H2,1-2H3/b29-14-. The van der Waals surface area contributed by atoms with E-state index in [4.69, 9.17) is 20.5 Å². The van der Waals surface area contributed by atoms with Crippen LogP contribution < -0.4 is 15.5 Å². The van der Waals surface area contributed by atoms with Gasteiger partial charge in [-0.3, -0.25) is 0 Å². The minimum absolute atomic E-state index is 0.114. The Labute approximate surface area is 197 Å². The second-order valence-electron chi connectivity index (χ2n) is 8.29. The van der Waals surface area contributed by atoms with Gasteiger partial charge < -0.3 is 24.9 Å². The lowest BCUT2D eigenvalue weighted by Crippen LogP contribution is -2.36. The third kappa shape index (κ3) is 4.04. The number of alkyl halides is 3. The molecule has 3 aromatic heterocycles. The summed E-state index contributed by atoms with van der Waals surface area (Å²) in [6.07, 6.45) is -2.63. The van der Waals surface area contributed by atoms with Gasteiger partial charge in [-0.1, -0.05) is 18.5 Å². The quantitative estimate of drug-likeness (QED) is 0.538. The highest BCUT2D eigenvalue weighted by Crippen LogP contribution is 2.36. The zero-order valence-electron chi connectivity index (χ0n) is 18.7. The first-order valence-corrected chi connectivity index (χ1v) is 11.7. The van der Waals surface area contributed by atoms with Crippen molar-refractivity contribution in [2.24, 2.45) is 10.9 Å². The van der Waals surface area contributed by atoms with Crippen LogP contribution >= 0.6 is 11.3 Å². The van der Waals surface area contributed by atoms with Gasteiger partial charge >= 0.3 is 6.18 Å². The summed E-state index contributed by atoms with van der Waals surface area (Å²) in [7, 11) is 1.48. The van der Waals surface area contributed by atoms with E-state index in [1.54, 1.807) is 11.3 Å². The maximum atomic E-state index is 13.3. The zero-order chi connectivity index (χ0) is 24.0. The van der Waals surface area contributed by atoms with Crippen molar-refractivity contribution in [1.82, 2.24) is 24.7 Å². The Balaban J connectivity index is 1.53. The summed E-state index contributed by atoms with van der Waals surface area (Å²) >= 11 is 1.61. The molecule has 10 nitrogen and oxygen atoms in total. The molecule has 0 radical (unpaired) electrons. The van der Waals surface area contributed by atoms with Gasteiger partial charge in [0.25, 0.3) is 0 Å². The van der Waals surface area contributed by atoms with E-state index >= 15 is 0 Å². The summed E-state index contributed by atoms with van der Waals surface area (Å²) in [4.78, 5) is 20.5. The van der Waals surface area contributed by atoms with E-state index < -0.39 is 12.0 Å². The Hall–Kier alpha value is -3.00. The van der Waals surface area contributed by atoms with Crippen LogP contribution in [0.1, 0.15) is 29.9 Å². The maximum absolute atomic E-state index is 13.3. The Kier molecular flexibility index (Phi) is 5.80. The summed E-state index contributed by atoms with van der Waals surface area (Å²) in [5.74, 6) is 0.473. The molecule has 3 aromatic rings. The van der Waals surface area contributed by atoms with Gasteiger partial charge in [-0.2, -0.15) is 18.2 Å². The van der Waals surface area contributed by atoms with Crippen LogP contribution in [0.5, 0.6) is 0 Å². The molecule has 0 spiro atoms. The number of rotatable bonds is 5. The van der Waals surface area contributed by atoms with Gasteiger partial charge in [0, 0.05) is 24.5 Å². The van der Waals surface area contributed by atoms with E-state index in [1.165, 1.54) is 12.0 Å². The second-order valence-corrected chi connectivity index (χ2v) is 9.41. The summed E-state index contributed by atoms with van der Waals surface area (Å²) in [5, 5.41) is 12.1. The highest BCUT2D eigenvalue weighted by Gasteiger charge is 2.40. The molecule has 0 amide bonds. The van der Waals surface area contributed by atoms with E-state index in [9.17, 15) is 13.2 Å². The Bertz CT molecular complexity index is 1240. The number of hydrogen-bond donors (Lipinski definition) is 1. The predicted octanol–water partition coefficient (Wildman–Crippen LogP) is 2.42. The molecule has 182 valence electrons. The van der Waals surface area contributed by atoms with E-state index in [0.29, 0.717) is 37.1 Å². The minimum atomic E-state index is -4.54. The smallest absolute Gasteiger partial charge is 0.399 e. The summed E-state index contributed by atoms with van der Waals surface area (Å²) < 4.78 is 40.9. The molecule has 14 heteroatoms. The number of nitrogens with zero attached hydrogens (tertiary/aromatic N) is 8. The van der Waals surface area contributed by atoms with Crippen molar-refractivity contribution in [3.63, 3.8) is 0 Å². The molecule has 5 rings (SSSR count). The van der Waals surface area contributed by atoms with Gasteiger partial charge in [0.1, 0.15) is 17.8 Å². The zero-order valence-corrected chi connectivity index (χ0v) is 19.5. The van der Waals surface area contributed by atoms with Crippen LogP contribution in [0.3, 0.4) is 0 Å². The summed E-state index contributed by atoms with van der Waals surface area (Å²) in [5.41, 5.74) is 6.90. The third-order valence-electron chi connectivity index (χ3n) is 5.90. The first-order chi connectivity index (χ1) is 16.3. The van der Waals surface area contributed by atoms with Gasteiger partial charge in [-0.15, -0.1) is 21.5 Å². The van der Waals surface area contributed by atoms with Gasteiger partial charge in [0.05, 0.1) is 30.2 Å². The van der Waals surface area contributed by atoms with Crippen LogP contribution in [0.2, 0.25) is 0 Å². The average molecular weight is 496 g/mol. The molecule has 0 aromatic carbocycles. The lowest BCUT2D eigenvalue weighted by atomic mass is 10.2. The number of hydrogen-bond acceptors (Lipinski definition) is 10. The lowest BCUT2D eigenvalue weighted by Gasteiger charge is -2.30. The molecule has 5 heterocycles. The van der Waals surface area contributed by atoms with Crippen molar-refractivity contribution >= 4 is 39.0 Å². The molecule has 34 heavy (non-hydrogen) atoms. The second kappa shape index (κ2) is 8.65. The number of anilines is 2. The van der Waals surface area contributed by atoms with Gasteiger partial charge in [0.15, 0.2) is 5.82 Å². The van der Waals surface area contributed by atoms with Crippen LogP contribution in [-0.4, -0.2) is 63.2 Å². The molecule has 2 aliphatic rings. The topological polar surface area (TPSA) is 111 Å². The van der Waals surface area contributed by atoms with Crippen molar-refractivity contribution in [1.29, 1.82) is 0 Å².